The Morgan fingerprint density at radius 1 is 1.00 bits per heavy atom. The Labute approximate surface area is 178 Å². The lowest BCUT2D eigenvalue weighted by Crippen LogP contribution is -2.55. The Bertz CT molecular complexity index is 862. The van der Waals surface area contributed by atoms with Crippen molar-refractivity contribution in [2.24, 2.45) is 0 Å². The number of piperidine rings is 1. The lowest BCUT2D eigenvalue weighted by molar-refractivity contribution is 0.0563. The molecule has 1 amide bonds. The van der Waals surface area contributed by atoms with Crippen LogP contribution in [-0.4, -0.2) is 75.1 Å². The molecule has 2 saturated heterocycles. The average Bonchev–Trinajstić information content (AvgIpc) is 2.79. The molecule has 0 N–H and O–H groups in total. The zero-order valence-electron chi connectivity index (χ0n) is 17.9. The molecule has 2 aromatic rings. The smallest absolute Gasteiger partial charge is 0.253 e. The SMILES string of the molecule is CN(C)c1cccc(C(=O)N2CCC[C@H](N3CCN(c4ccc(F)cc4)CC3)C2)c1. The van der Waals surface area contributed by atoms with E-state index in [2.05, 4.69) is 9.80 Å². The number of piperazine rings is 1. The molecule has 1 atom stereocenters. The monoisotopic (exact) mass is 410 g/mol. The first-order valence-corrected chi connectivity index (χ1v) is 10.8. The van der Waals surface area contributed by atoms with Crippen molar-refractivity contribution >= 4 is 17.3 Å². The number of amides is 1. The third kappa shape index (κ3) is 4.59. The second-order valence-corrected chi connectivity index (χ2v) is 8.49. The highest BCUT2D eigenvalue weighted by atomic mass is 19.1. The number of rotatable bonds is 4. The van der Waals surface area contributed by atoms with Gasteiger partial charge in [-0.2, -0.15) is 0 Å². The molecule has 0 spiro atoms. The standard InChI is InChI=1S/C24H31FN4O/c1-26(2)22-6-3-5-19(17-22)24(30)29-12-4-7-23(18-29)28-15-13-27(14-16-28)21-10-8-20(25)9-11-21/h3,5-6,8-11,17,23H,4,7,12-16,18H2,1-2H3/t23-/m0/s1. The van der Waals surface area contributed by atoms with E-state index in [1.54, 1.807) is 0 Å². The number of halogens is 1. The van der Waals surface area contributed by atoms with Gasteiger partial charge >= 0.3 is 0 Å². The van der Waals surface area contributed by atoms with Crippen molar-refractivity contribution in [3.05, 3.63) is 59.9 Å². The highest BCUT2D eigenvalue weighted by molar-refractivity contribution is 5.95. The predicted octanol–water partition coefficient (Wildman–Crippen LogP) is 3.32. The molecule has 160 valence electrons. The zero-order valence-corrected chi connectivity index (χ0v) is 17.9. The molecule has 6 heteroatoms. The number of benzene rings is 2. The maximum Gasteiger partial charge on any atom is 0.253 e. The first-order chi connectivity index (χ1) is 14.5. The van der Waals surface area contributed by atoms with Crippen molar-refractivity contribution in [2.45, 2.75) is 18.9 Å². The second-order valence-electron chi connectivity index (χ2n) is 8.49. The Morgan fingerprint density at radius 3 is 2.43 bits per heavy atom. The first kappa shape index (κ1) is 20.7. The van der Waals surface area contributed by atoms with E-state index in [0.29, 0.717) is 6.04 Å². The van der Waals surface area contributed by atoms with Gasteiger partial charge < -0.3 is 14.7 Å². The Balaban J connectivity index is 1.36. The first-order valence-electron chi connectivity index (χ1n) is 10.8. The molecule has 30 heavy (non-hydrogen) atoms. The predicted molar refractivity (Wildman–Crippen MR) is 120 cm³/mol. The summed E-state index contributed by atoms with van der Waals surface area (Å²) in [4.78, 5) is 22.0. The highest BCUT2D eigenvalue weighted by Gasteiger charge is 2.30. The van der Waals surface area contributed by atoms with Crippen LogP contribution in [0.4, 0.5) is 15.8 Å². The molecule has 2 aliphatic rings. The van der Waals surface area contributed by atoms with E-state index in [4.69, 9.17) is 0 Å². The third-order valence-electron chi connectivity index (χ3n) is 6.32. The van der Waals surface area contributed by atoms with Crippen LogP contribution in [0.2, 0.25) is 0 Å². The molecular formula is C24H31FN4O. The molecule has 5 nitrogen and oxygen atoms in total. The van der Waals surface area contributed by atoms with Crippen molar-refractivity contribution < 1.29 is 9.18 Å². The molecule has 0 aromatic heterocycles. The van der Waals surface area contributed by atoms with Crippen molar-refractivity contribution in [1.82, 2.24) is 9.80 Å². The molecule has 2 fully saturated rings. The van der Waals surface area contributed by atoms with Gasteiger partial charge in [-0.1, -0.05) is 6.07 Å². The van der Waals surface area contributed by atoms with E-state index in [9.17, 15) is 9.18 Å². The van der Waals surface area contributed by atoms with Crippen LogP contribution in [0.25, 0.3) is 0 Å². The Morgan fingerprint density at radius 2 is 1.73 bits per heavy atom. The molecule has 0 saturated carbocycles. The number of carbonyl (C=O) groups is 1. The van der Waals surface area contributed by atoms with Crippen molar-refractivity contribution in [3.63, 3.8) is 0 Å². The second kappa shape index (κ2) is 9.04. The van der Waals surface area contributed by atoms with Gasteiger partial charge in [-0.15, -0.1) is 0 Å². The van der Waals surface area contributed by atoms with Crippen LogP contribution in [0.3, 0.4) is 0 Å². The van der Waals surface area contributed by atoms with Crippen molar-refractivity contribution in [2.75, 3.05) is 63.2 Å². The van der Waals surface area contributed by atoms with E-state index < -0.39 is 0 Å². The highest BCUT2D eigenvalue weighted by Crippen LogP contribution is 2.23. The molecule has 0 unspecified atom stereocenters. The number of likely N-dealkylation sites (tertiary alicyclic amines) is 1. The lowest BCUT2D eigenvalue weighted by Gasteiger charge is -2.44. The maximum absolute atomic E-state index is 13.2. The number of hydrogen-bond acceptors (Lipinski definition) is 4. The number of hydrogen-bond donors (Lipinski definition) is 0. The van der Waals surface area contributed by atoms with Crippen LogP contribution in [0.1, 0.15) is 23.2 Å². The lowest BCUT2D eigenvalue weighted by atomic mass is 10.0. The van der Waals surface area contributed by atoms with Gasteiger partial charge in [-0.05, 0) is 55.3 Å². The van der Waals surface area contributed by atoms with Crippen molar-refractivity contribution in [1.29, 1.82) is 0 Å². The molecule has 2 aliphatic heterocycles. The number of carbonyl (C=O) groups excluding carboxylic acids is 1. The fraction of sp³-hybridized carbons (Fsp3) is 0.458. The molecular weight excluding hydrogens is 379 g/mol. The fourth-order valence-corrected chi connectivity index (χ4v) is 4.53. The molecule has 4 rings (SSSR count). The fourth-order valence-electron chi connectivity index (χ4n) is 4.53. The van der Waals surface area contributed by atoms with E-state index in [0.717, 1.165) is 69.0 Å². The summed E-state index contributed by atoms with van der Waals surface area (Å²) in [5.41, 5.74) is 2.89. The summed E-state index contributed by atoms with van der Waals surface area (Å²) in [5.74, 6) is -0.0613. The van der Waals surface area contributed by atoms with Gasteiger partial charge in [0.05, 0.1) is 0 Å². The van der Waals surface area contributed by atoms with Crippen molar-refractivity contribution in [3.8, 4) is 0 Å². The van der Waals surface area contributed by atoms with E-state index in [1.807, 2.05) is 60.3 Å². The van der Waals surface area contributed by atoms with Gasteiger partial charge in [-0.25, -0.2) is 4.39 Å². The van der Waals surface area contributed by atoms with Gasteiger partial charge in [0.25, 0.3) is 5.91 Å². The quantitative estimate of drug-likeness (QED) is 0.774. The van der Waals surface area contributed by atoms with Gasteiger partial charge in [0.15, 0.2) is 0 Å². The summed E-state index contributed by atoms with van der Waals surface area (Å²) in [6.07, 6.45) is 2.18. The summed E-state index contributed by atoms with van der Waals surface area (Å²) in [6.45, 7) is 5.43. The van der Waals surface area contributed by atoms with Crippen LogP contribution in [0, 0.1) is 5.82 Å². The normalized spacial score (nSPS) is 20.3. The van der Waals surface area contributed by atoms with Gasteiger partial charge in [0.2, 0.25) is 0 Å². The van der Waals surface area contributed by atoms with Crippen LogP contribution in [0.15, 0.2) is 48.5 Å². The van der Waals surface area contributed by atoms with Gasteiger partial charge in [-0.3, -0.25) is 9.69 Å². The van der Waals surface area contributed by atoms with Crippen LogP contribution >= 0.6 is 0 Å². The number of anilines is 2. The maximum atomic E-state index is 13.2. The summed E-state index contributed by atoms with van der Waals surface area (Å²) in [7, 11) is 3.98. The summed E-state index contributed by atoms with van der Waals surface area (Å²) < 4.78 is 13.2. The summed E-state index contributed by atoms with van der Waals surface area (Å²) in [5, 5.41) is 0. The topological polar surface area (TPSA) is 30.0 Å². The largest absolute Gasteiger partial charge is 0.378 e. The Kier molecular flexibility index (Phi) is 6.23. The van der Waals surface area contributed by atoms with Crippen LogP contribution in [0.5, 0.6) is 0 Å². The minimum Gasteiger partial charge on any atom is -0.378 e. The minimum atomic E-state index is -0.194. The average molecular weight is 411 g/mol. The zero-order chi connectivity index (χ0) is 21.1. The molecule has 0 aliphatic carbocycles. The van der Waals surface area contributed by atoms with Crippen LogP contribution < -0.4 is 9.80 Å². The minimum absolute atomic E-state index is 0.133. The van der Waals surface area contributed by atoms with Gasteiger partial charge in [0.1, 0.15) is 5.82 Å². The molecule has 2 heterocycles. The van der Waals surface area contributed by atoms with E-state index in [1.165, 1.54) is 12.1 Å². The third-order valence-corrected chi connectivity index (χ3v) is 6.32. The molecule has 0 bridgehead atoms. The summed E-state index contributed by atoms with van der Waals surface area (Å²) in [6, 6.07) is 15.1. The molecule has 0 radical (unpaired) electrons. The van der Waals surface area contributed by atoms with E-state index in [-0.39, 0.29) is 11.7 Å². The Hall–Kier alpha value is -2.60. The number of nitrogens with zero attached hydrogens (tertiary/aromatic N) is 4. The van der Waals surface area contributed by atoms with Gasteiger partial charge in [0, 0.05) is 76.3 Å². The summed E-state index contributed by atoms with van der Waals surface area (Å²) >= 11 is 0. The van der Waals surface area contributed by atoms with E-state index >= 15 is 0 Å². The molecule has 2 aromatic carbocycles. The van der Waals surface area contributed by atoms with Crippen LogP contribution in [-0.2, 0) is 0 Å².